The Morgan fingerprint density at radius 3 is 2.12 bits per heavy atom. The van der Waals surface area contributed by atoms with Crippen LogP contribution in [0, 0.1) is 18.8 Å². The molecule has 2 aliphatic rings. The Morgan fingerprint density at radius 2 is 1.47 bits per heavy atom. The van der Waals surface area contributed by atoms with Crippen molar-refractivity contribution < 1.29 is 14.2 Å². The van der Waals surface area contributed by atoms with E-state index in [-0.39, 0.29) is 6.10 Å². The monoisotopic (exact) mass is 457 g/mol. The van der Waals surface area contributed by atoms with Crippen molar-refractivity contribution in [3.8, 4) is 11.5 Å². The average Bonchev–Trinajstić information content (AvgIpc) is 3.42. The number of hydrogen-bond acceptors (Lipinski definition) is 4. The van der Waals surface area contributed by atoms with Crippen LogP contribution in [0.15, 0.2) is 78.9 Å². The summed E-state index contributed by atoms with van der Waals surface area (Å²) in [6.45, 7) is 5.89. The van der Waals surface area contributed by atoms with Crippen LogP contribution in [0.2, 0.25) is 0 Å². The Kier molecular flexibility index (Phi) is 7.17. The number of methoxy groups -OCH3 is 1. The zero-order valence-electron chi connectivity index (χ0n) is 20.2. The van der Waals surface area contributed by atoms with Gasteiger partial charge in [0.25, 0.3) is 0 Å². The maximum absolute atomic E-state index is 6.28. The van der Waals surface area contributed by atoms with E-state index in [0.29, 0.717) is 12.7 Å². The van der Waals surface area contributed by atoms with Crippen LogP contribution in [-0.2, 0) is 11.3 Å². The number of likely N-dealkylation sites (tertiary alicyclic amines) is 1. The van der Waals surface area contributed by atoms with E-state index >= 15 is 0 Å². The third-order valence-electron chi connectivity index (χ3n) is 7.32. The fraction of sp³-hybridized carbons (Fsp3) is 0.400. The van der Waals surface area contributed by atoms with E-state index < -0.39 is 0 Å². The number of benzene rings is 3. The summed E-state index contributed by atoms with van der Waals surface area (Å²) < 4.78 is 18.1. The van der Waals surface area contributed by atoms with Crippen LogP contribution in [0.3, 0.4) is 0 Å². The van der Waals surface area contributed by atoms with Crippen LogP contribution in [0.1, 0.15) is 35.6 Å². The van der Waals surface area contributed by atoms with E-state index in [9.17, 15) is 0 Å². The van der Waals surface area contributed by atoms with Crippen molar-refractivity contribution in [2.45, 2.75) is 38.6 Å². The second-order valence-electron chi connectivity index (χ2n) is 9.83. The lowest BCUT2D eigenvalue weighted by atomic mass is 10.0. The minimum absolute atomic E-state index is 0.0709. The number of aryl methyl sites for hydroxylation is 1. The Bertz CT molecular complexity index is 1020. The molecule has 1 aliphatic carbocycles. The van der Waals surface area contributed by atoms with Gasteiger partial charge in [-0.1, -0.05) is 60.2 Å². The normalized spacial score (nSPS) is 22.9. The summed E-state index contributed by atoms with van der Waals surface area (Å²) in [5.74, 6) is 3.34. The summed E-state index contributed by atoms with van der Waals surface area (Å²) in [6, 6.07) is 27.1. The molecule has 1 saturated carbocycles. The molecule has 4 atom stereocenters. The fourth-order valence-corrected chi connectivity index (χ4v) is 5.47. The van der Waals surface area contributed by atoms with Crippen LogP contribution in [0.25, 0.3) is 0 Å². The van der Waals surface area contributed by atoms with E-state index in [1.165, 1.54) is 16.7 Å². The van der Waals surface area contributed by atoms with E-state index in [1.807, 2.05) is 25.3 Å². The lowest BCUT2D eigenvalue weighted by Gasteiger charge is -2.25. The van der Waals surface area contributed by atoms with Gasteiger partial charge in [-0.3, -0.25) is 4.90 Å². The SMILES string of the molecule is COC(CN1C[C@H]2CC(Oc3ccc(C)cc3)C[C@H]2C1)c1ccc(OCc2ccccc2)cc1. The Morgan fingerprint density at radius 1 is 0.824 bits per heavy atom. The van der Waals surface area contributed by atoms with Gasteiger partial charge >= 0.3 is 0 Å². The van der Waals surface area contributed by atoms with Crippen molar-refractivity contribution in [3.05, 3.63) is 95.6 Å². The topological polar surface area (TPSA) is 30.9 Å². The summed E-state index contributed by atoms with van der Waals surface area (Å²) in [6.07, 6.45) is 2.73. The summed E-state index contributed by atoms with van der Waals surface area (Å²) in [5, 5.41) is 0. The minimum Gasteiger partial charge on any atom is -0.490 e. The van der Waals surface area contributed by atoms with E-state index in [2.05, 4.69) is 72.5 Å². The molecular formula is C30H35NO3. The quantitative estimate of drug-likeness (QED) is 0.391. The molecule has 0 bridgehead atoms. The molecule has 2 fully saturated rings. The second kappa shape index (κ2) is 10.6. The highest BCUT2D eigenvalue weighted by Gasteiger charge is 2.42. The Labute approximate surface area is 203 Å². The molecule has 1 saturated heterocycles. The molecule has 4 nitrogen and oxygen atoms in total. The first kappa shape index (κ1) is 22.9. The maximum Gasteiger partial charge on any atom is 0.119 e. The van der Waals surface area contributed by atoms with E-state index in [0.717, 1.165) is 55.8 Å². The van der Waals surface area contributed by atoms with Crippen LogP contribution in [0.4, 0.5) is 0 Å². The number of rotatable bonds is 9. The molecule has 3 aromatic carbocycles. The second-order valence-corrected chi connectivity index (χ2v) is 9.83. The Balaban J connectivity index is 1.10. The third-order valence-corrected chi connectivity index (χ3v) is 7.32. The number of hydrogen-bond donors (Lipinski definition) is 0. The first-order valence-electron chi connectivity index (χ1n) is 12.4. The summed E-state index contributed by atoms with van der Waals surface area (Å²) in [5.41, 5.74) is 3.65. The molecule has 5 rings (SSSR count). The molecule has 178 valence electrons. The lowest BCUT2D eigenvalue weighted by molar-refractivity contribution is 0.0667. The minimum atomic E-state index is 0.0709. The maximum atomic E-state index is 6.28. The van der Waals surface area contributed by atoms with Gasteiger partial charge in [0.2, 0.25) is 0 Å². The molecule has 1 aliphatic heterocycles. The first-order chi connectivity index (χ1) is 16.7. The molecular weight excluding hydrogens is 422 g/mol. The molecule has 0 spiro atoms. The molecule has 34 heavy (non-hydrogen) atoms. The summed E-state index contributed by atoms with van der Waals surface area (Å²) >= 11 is 0. The van der Waals surface area contributed by atoms with Crippen LogP contribution in [0.5, 0.6) is 11.5 Å². The average molecular weight is 458 g/mol. The van der Waals surface area contributed by atoms with Crippen molar-refractivity contribution in [3.63, 3.8) is 0 Å². The molecule has 4 heteroatoms. The number of fused-ring (bicyclic) bond motifs is 1. The summed E-state index contributed by atoms with van der Waals surface area (Å²) in [7, 11) is 1.81. The van der Waals surface area contributed by atoms with Gasteiger partial charge in [0, 0.05) is 26.7 Å². The van der Waals surface area contributed by atoms with Gasteiger partial charge in [-0.25, -0.2) is 0 Å². The van der Waals surface area contributed by atoms with Crippen LogP contribution in [-0.4, -0.2) is 37.7 Å². The van der Waals surface area contributed by atoms with Crippen molar-refractivity contribution >= 4 is 0 Å². The first-order valence-corrected chi connectivity index (χ1v) is 12.4. The van der Waals surface area contributed by atoms with Crippen molar-refractivity contribution in [2.24, 2.45) is 11.8 Å². The van der Waals surface area contributed by atoms with Gasteiger partial charge in [-0.05, 0) is 67.0 Å². The molecule has 2 unspecified atom stereocenters. The van der Waals surface area contributed by atoms with Gasteiger partial charge < -0.3 is 14.2 Å². The van der Waals surface area contributed by atoms with Crippen molar-refractivity contribution in [2.75, 3.05) is 26.7 Å². The predicted octanol–water partition coefficient (Wildman–Crippen LogP) is 6.05. The van der Waals surface area contributed by atoms with Gasteiger partial charge in [0.1, 0.15) is 18.1 Å². The van der Waals surface area contributed by atoms with E-state index in [1.54, 1.807) is 0 Å². The third kappa shape index (κ3) is 5.63. The highest BCUT2D eigenvalue weighted by Crippen LogP contribution is 2.40. The van der Waals surface area contributed by atoms with Gasteiger partial charge in [0.15, 0.2) is 0 Å². The molecule has 0 radical (unpaired) electrons. The van der Waals surface area contributed by atoms with Gasteiger partial charge in [0.05, 0.1) is 12.2 Å². The predicted molar refractivity (Wildman–Crippen MR) is 135 cm³/mol. The number of nitrogens with zero attached hydrogens (tertiary/aromatic N) is 1. The van der Waals surface area contributed by atoms with Crippen molar-refractivity contribution in [1.82, 2.24) is 4.90 Å². The zero-order chi connectivity index (χ0) is 23.3. The van der Waals surface area contributed by atoms with E-state index in [4.69, 9.17) is 14.2 Å². The zero-order valence-corrected chi connectivity index (χ0v) is 20.2. The van der Waals surface area contributed by atoms with Crippen LogP contribution < -0.4 is 9.47 Å². The standard InChI is InChI=1S/C30H35NO3/c1-22-8-12-28(13-9-22)34-29-16-25-18-31(19-26(25)17-29)20-30(32-2)24-10-14-27(15-11-24)33-21-23-6-4-3-5-7-23/h3-15,25-26,29-30H,16-21H2,1-2H3/t25-,26+,29?,30?. The highest BCUT2D eigenvalue weighted by molar-refractivity contribution is 5.29. The molecule has 0 amide bonds. The molecule has 3 aromatic rings. The van der Waals surface area contributed by atoms with Crippen molar-refractivity contribution in [1.29, 1.82) is 0 Å². The fourth-order valence-electron chi connectivity index (χ4n) is 5.47. The lowest BCUT2D eigenvalue weighted by Crippen LogP contribution is -2.29. The molecule has 0 aromatic heterocycles. The Hall–Kier alpha value is -2.82. The molecule has 0 N–H and O–H groups in total. The summed E-state index contributed by atoms with van der Waals surface area (Å²) in [4.78, 5) is 2.57. The smallest absolute Gasteiger partial charge is 0.119 e. The number of ether oxygens (including phenoxy) is 3. The highest BCUT2D eigenvalue weighted by atomic mass is 16.5. The van der Waals surface area contributed by atoms with Gasteiger partial charge in [-0.2, -0.15) is 0 Å². The van der Waals surface area contributed by atoms with Crippen LogP contribution >= 0.6 is 0 Å². The van der Waals surface area contributed by atoms with Gasteiger partial charge in [-0.15, -0.1) is 0 Å². The molecule has 1 heterocycles. The largest absolute Gasteiger partial charge is 0.490 e.